The summed E-state index contributed by atoms with van der Waals surface area (Å²) in [5.74, 6) is -0.412. The molecular weight excluding hydrogens is 1140 g/mol. The molecular formula is C56H70F7N15O6S. The van der Waals surface area contributed by atoms with Crippen LogP contribution in [0, 0.1) is 41.5 Å². The van der Waals surface area contributed by atoms with Crippen LogP contribution >= 0.6 is 12.1 Å². The highest BCUT2D eigenvalue weighted by atomic mass is 32.2. The van der Waals surface area contributed by atoms with E-state index < -0.39 is 55.5 Å². The van der Waals surface area contributed by atoms with Gasteiger partial charge in [0, 0.05) is 35.1 Å². The van der Waals surface area contributed by atoms with Crippen molar-refractivity contribution < 1.29 is 58.2 Å². The first-order valence-corrected chi connectivity index (χ1v) is 25.4. The van der Waals surface area contributed by atoms with Gasteiger partial charge in [0.2, 0.25) is 35.1 Å². The van der Waals surface area contributed by atoms with Crippen LogP contribution in [0.25, 0.3) is 34.2 Å². The summed E-state index contributed by atoms with van der Waals surface area (Å²) in [6.07, 6.45) is 1.38. The number of hydrogen-bond acceptors (Lipinski definition) is 16. The molecule has 6 aromatic heterocycles. The lowest BCUT2D eigenvalue weighted by molar-refractivity contribution is 0.0503. The summed E-state index contributed by atoms with van der Waals surface area (Å²) >= 11 is 0.250. The molecule has 0 radical (unpaired) electrons. The second-order valence-corrected chi connectivity index (χ2v) is 18.2. The average Bonchev–Trinajstić information content (AvgIpc) is 3.65. The number of benzene rings is 3. The van der Waals surface area contributed by atoms with Gasteiger partial charge in [-0.2, -0.15) is 74.5 Å². The highest BCUT2D eigenvalue weighted by molar-refractivity contribution is 7.93. The normalized spacial score (nSPS) is 11.6. The summed E-state index contributed by atoms with van der Waals surface area (Å²) in [4.78, 5) is 49.7. The van der Waals surface area contributed by atoms with Crippen LogP contribution in [0.3, 0.4) is 0 Å². The monoisotopic (exact) mass is 1210 g/mol. The number of nitrogens with one attached hydrogen (secondary N) is 3. The first kappa shape index (κ1) is 72.1. The predicted molar refractivity (Wildman–Crippen MR) is 307 cm³/mol. The molecule has 3 atom stereocenters. The van der Waals surface area contributed by atoms with Crippen LogP contribution in [0.5, 0.6) is 0 Å². The molecule has 0 saturated carbocycles. The summed E-state index contributed by atoms with van der Waals surface area (Å²) in [6, 6.07) is 24.6. The minimum absolute atomic E-state index is 0. The van der Waals surface area contributed by atoms with E-state index in [1.807, 2.05) is 93.6 Å². The molecule has 6 heterocycles. The van der Waals surface area contributed by atoms with Crippen molar-refractivity contribution in [2.75, 3.05) is 6.26 Å². The number of rotatable bonds is 15. The lowest BCUT2D eigenvalue weighted by Crippen LogP contribution is -2.29. The van der Waals surface area contributed by atoms with E-state index in [0.29, 0.717) is 48.6 Å². The Morgan fingerprint density at radius 3 is 0.894 bits per heavy atom. The molecule has 1 unspecified atom stereocenters. The Balaban J connectivity index is 0.000000415. The van der Waals surface area contributed by atoms with Crippen LogP contribution in [-0.4, -0.2) is 83.7 Å². The van der Waals surface area contributed by atoms with Gasteiger partial charge >= 0.3 is 19.6 Å². The van der Waals surface area contributed by atoms with E-state index in [-0.39, 0.29) is 76.6 Å². The third-order valence-corrected chi connectivity index (χ3v) is 11.1. The van der Waals surface area contributed by atoms with Gasteiger partial charge in [0.15, 0.2) is 0 Å². The third kappa shape index (κ3) is 19.3. The predicted octanol–water partition coefficient (Wildman–Crippen LogP) is 14.1. The summed E-state index contributed by atoms with van der Waals surface area (Å²) in [5.41, 5.74) is 5.75. The standard InChI is InChI=1S/3C17H17F2N5O2.CH3FS.4CH4/c3*1-9-5-4-6-12(7-9)14-21-16(26-23-14)11(3)20-15(25)13-8-10(2)22-24(13)17(18)19;1-3-2;;;;/h3*4-8,11,17H,1-3H3,(H,20,25);1H3;4*1H4/t2*11-;;;;;;/m10....../s1. The molecule has 0 aliphatic rings. The molecule has 0 bridgehead atoms. The van der Waals surface area contributed by atoms with Crippen molar-refractivity contribution in [3.63, 3.8) is 0 Å². The minimum atomic E-state index is -2.91. The van der Waals surface area contributed by atoms with Gasteiger partial charge in [0.1, 0.15) is 35.2 Å². The number of alkyl halides is 6. The van der Waals surface area contributed by atoms with Crippen LogP contribution < -0.4 is 16.0 Å². The maximum absolute atomic E-state index is 13.0. The topological polar surface area (TPSA) is 258 Å². The smallest absolute Gasteiger partial charge is 0.333 e. The van der Waals surface area contributed by atoms with E-state index in [4.69, 9.17) is 13.6 Å². The molecule has 0 spiro atoms. The number of aryl methyl sites for hydroxylation is 6. The van der Waals surface area contributed by atoms with Crippen molar-refractivity contribution in [2.45, 2.75) is 130 Å². The van der Waals surface area contributed by atoms with Crippen LogP contribution in [0.15, 0.2) is 105 Å². The zero-order valence-corrected chi connectivity index (χ0v) is 45.8. The number of nitrogens with zero attached hydrogens (tertiary/aromatic N) is 12. The van der Waals surface area contributed by atoms with Gasteiger partial charge in [-0.25, -0.2) is 0 Å². The van der Waals surface area contributed by atoms with E-state index in [9.17, 15) is 44.6 Å². The molecule has 0 aliphatic carbocycles. The number of carbonyl (C=O) groups is 3. The number of amides is 3. The van der Waals surface area contributed by atoms with Crippen molar-refractivity contribution in [1.82, 2.24) is 75.7 Å². The van der Waals surface area contributed by atoms with Crippen LogP contribution in [0.2, 0.25) is 0 Å². The summed E-state index contributed by atoms with van der Waals surface area (Å²) < 4.78 is 105. The lowest BCUT2D eigenvalue weighted by atomic mass is 10.1. The summed E-state index contributed by atoms with van der Waals surface area (Å²) in [7, 11) is 0. The summed E-state index contributed by atoms with van der Waals surface area (Å²) in [5, 5.41) is 30.3. The Kier molecular flexibility index (Phi) is 27.8. The lowest BCUT2D eigenvalue weighted by Gasteiger charge is -2.10. The molecule has 9 aromatic rings. The first-order chi connectivity index (χ1) is 38.5. The first-order valence-electron chi connectivity index (χ1n) is 24.3. The van der Waals surface area contributed by atoms with Gasteiger partial charge in [-0.15, -0.1) is 0 Å². The molecule has 0 saturated heterocycles. The quantitative estimate of drug-likeness (QED) is 0.0806. The molecule has 3 amide bonds. The van der Waals surface area contributed by atoms with Crippen LogP contribution in [-0.2, 0) is 0 Å². The minimum Gasteiger partial charge on any atom is -0.339 e. The Hall–Kier alpha value is -9.02. The molecule has 85 heavy (non-hydrogen) atoms. The van der Waals surface area contributed by atoms with Crippen LogP contribution in [0.1, 0.15) is 171 Å². The Labute approximate surface area is 491 Å². The molecule has 0 fully saturated rings. The fourth-order valence-corrected chi connectivity index (χ4v) is 7.44. The largest absolute Gasteiger partial charge is 0.339 e. The molecule has 21 nitrogen and oxygen atoms in total. The Morgan fingerprint density at radius 1 is 0.447 bits per heavy atom. The van der Waals surface area contributed by atoms with Gasteiger partial charge in [-0.1, -0.05) is 116 Å². The van der Waals surface area contributed by atoms with Gasteiger partial charge < -0.3 is 29.5 Å². The molecule has 3 N–H and O–H groups in total. The van der Waals surface area contributed by atoms with Gasteiger partial charge in [0.25, 0.3) is 17.7 Å². The van der Waals surface area contributed by atoms with Gasteiger partial charge in [0.05, 0.1) is 17.1 Å². The highest BCUT2D eigenvalue weighted by Gasteiger charge is 2.27. The van der Waals surface area contributed by atoms with E-state index in [2.05, 4.69) is 61.7 Å². The molecule has 0 aliphatic heterocycles. The van der Waals surface area contributed by atoms with E-state index in [1.54, 1.807) is 20.8 Å². The Morgan fingerprint density at radius 2 is 0.682 bits per heavy atom. The Bertz CT molecular complexity index is 3200. The van der Waals surface area contributed by atoms with Crippen molar-refractivity contribution in [1.29, 1.82) is 0 Å². The second-order valence-electron chi connectivity index (χ2n) is 17.9. The second kappa shape index (κ2) is 32.7. The molecule has 29 heteroatoms. The van der Waals surface area contributed by atoms with Crippen molar-refractivity contribution in [2.24, 2.45) is 0 Å². The fraction of sp³-hybridized carbons (Fsp3) is 0.357. The maximum atomic E-state index is 13.0. The van der Waals surface area contributed by atoms with Crippen molar-refractivity contribution in [3.05, 3.63) is 160 Å². The number of hydrogen-bond donors (Lipinski definition) is 3. The molecule has 460 valence electrons. The van der Waals surface area contributed by atoms with Crippen molar-refractivity contribution in [3.8, 4) is 34.2 Å². The molecule has 3 aromatic carbocycles. The number of halogens is 7. The van der Waals surface area contributed by atoms with Gasteiger partial charge in [-0.3, -0.25) is 14.4 Å². The maximum Gasteiger partial charge on any atom is 0.333 e. The van der Waals surface area contributed by atoms with E-state index >= 15 is 0 Å². The molecule has 9 rings (SSSR count). The SMILES string of the molecule is C.C.C.C.CSF.Cc1cccc(-c2noc(C(C)NC(=O)c3cc(C)nn3C(F)F)n2)c1.Cc1cccc(-c2noc([C@@H](C)NC(=O)c3cc(C)nn3C(F)F)n2)c1.Cc1cccc(-c2noc([C@H](C)NC(=O)c3cc(C)nn3C(F)F)n2)c1. The van der Waals surface area contributed by atoms with E-state index in [0.717, 1.165) is 33.4 Å². The van der Waals surface area contributed by atoms with Crippen molar-refractivity contribution >= 4 is 29.9 Å². The van der Waals surface area contributed by atoms with Crippen LogP contribution in [0.4, 0.5) is 30.2 Å². The van der Waals surface area contributed by atoms with Gasteiger partial charge in [-0.05, 0) is 98.7 Å². The zero-order chi connectivity index (χ0) is 59.2. The highest BCUT2D eigenvalue weighted by Crippen LogP contribution is 2.25. The summed E-state index contributed by atoms with van der Waals surface area (Å²) in [6.45, 7) is 6.60. The van der Waals surface area contributed by atoms with E-state index in [1.165, 1.54) is 45.2 Å². The average molecular weight is 1210 g/mol. The zero-order valence-electron chi connectivity index (χ0n) is 45.0. The number of carbonyl (C=O) groups excluding carboxylic acids is 3. The fourth-order valence-electron chi connectivity index (χ4n) is 7.44. The third-order valence-electron chi connectivity index (χ3n) is 11.1. The number of aromatic nitrogens is 12.